The topological polar surface area (TPSA) is 70.7 Å². The maximum absolute atomic E-state index is 10.7. The van der Waals surface area contributed by atoms with E-state index in [0.717, 1.165) is 18.7 Å². The van der Waals surface area contributed by atoms with Crippen molar-refractivity contribution in [2.45, 2.75) is 18.9 Å². The molecule has 0 aromatic rings. The molecular weight excluding hydrogens is 168 g/mol. The minimum atomic E-state index is -0.323. The Balaban J connectivity index is 2.12. The SMILES string of the molecule is NC(=O)CC1=CN=CC2CCNN12. The van der Waals surface area contributed by atoms with Crippen LogP contribution in [0.25, 0.3) is 0 Å². The maximum atomic E-state index is 10.7. The highest BCUT2D eigenvalue weighted by atomic mass is 16.1. The third-order valence-corrected chi connectivity index (χ3v) is 2.20. The molecule has 0 spiro atoms. The Kier molecular flexibility index (Phi) is 2.02. The highest BCUT2D eigenvalue weighted by Crippen LogP contribution is 2.19. The molecule has 0 radical (unpaired) electrons. The van der Waals surface area contributed by atoms with Gasteiger partial charge in [-0.2, -0.15) is 0 Å². The molecule has 5 heteroatoms. The average Bonchev–Trinajstić information content (AvgIpc) is 2.51. The van der Waals surface area contributed by atoms with Crippen LogP contribution in [0, 0.1) is 0 Å². The molecule has 0 aliphatic carbocycles. The molecule has 70 valence electrons. The van der Waals surface area contributed by atoms with Crippen LogP contribution in [-0.2, 0) is 4.79 Å². The van der Waals surface area contributed by atoms with Gasteiger partial charge in [0, 0.05) is 19.0 Å². The van der Waals surface area contributed by atoms with Crippen molar-refractivity contribution in [3.05, 3.63) is 11.9 Å². The second-order valence-electron chi connectivity index (χ2n) is 3.20. The summed E-state index contributed by atoms with van der Waals surface area (Å²) in [5.74, 6) is -0.323. The summed E-state index contributed by atoms with van der Waals surface area (Å²) < 4.78 is 0. The minimum Gasteiger partial charge on any atom is -0.369 e. The molecular formula is C8H12N4O. The molecule has 1 unspecified atom stereocenters. The molecule has 2 aliphatic heterocycles. The fourth-order valence-electron chi connectivity index (χ4n) is 1.63. The lowest BCUT2D eigenvalue weighted by Crippen LogP contribution is -2.39. The van der Waals surface area contributed by atoms with Crippen LogP contribution >= 0.6 is 0 Å². The van der Waals surface area contributed by atoms with E-state index in [1.807, 2.05) is 11.2 Å². The van der Waals surface area contributed by atoms with Gasteiger partial charge < -0.3 is 10.7 Å². The molecule has 1 atom stereocenters. The van der Waals surface area contributed by atoms with Gasteiger partial charge >= 0.3 is 0 Å². The Morgan fingerprint density at radius 2 is 2.69 bits per heavy atom. The Morgan fingerprint density at radius 1 is 1.85 bits per heavy atom. The highest BCUT2D eigenvalue weighted by Gasteiger charge is 2.27. The third kappa shape index (κ3) is 1.55. The zero-order chi connectivity index (χ0) is 9.26. The normalized spacial score (nSPS) is 25.7. The first-order valence-electron chi connectivity index (χ1n) is 4.31. The van der Waals surface area contributed by atoms with Gasteiger partial charge in [-0.25, -0.2) is 5.43 Å². The van der Waals surface area contributed by atoms with E-state index in [-0.39, 0.29) is 12.3 Å². The fraction of sp³-hybridized carbons (Fsp3) is 0.500. The zero-order valence-corrected chi connectivity index (χ0v) is 7.23. The van der Waals surface area contributed by atoms with Crippen molar-refractivity contribution >= 4 is 12.1 Å². The van der Waals surface area contributed by atoms with E-state index in [0.29, 0.717) is 6.04 Å². The molecule has 1 saturated heterocycles. The smallest absolute Gasteiger partial charge is 0.223 e. The predicted octanol–water partition coefficient (Wildman–Crippen LogP) is -0.633. The van der Waals surface area contributed by atoms with Crippen molar-refractivity contribution in [1.82, 2.24) is 10.4 Å². The van der Waals surface area contributed by atoms with Crippen LogP contribution in [0.1, 0.15) is 12.8 Å². The fourth-order valence-corrected chi connectivity index (χ4v) is 1.63. The lowest BCUT2D eigenvalue weighted by molar-refractivity contribution is -0.117. The predicted molar refractivity (Wildman–Crippen MR) is 48.6 cm³/mol. The first kappa shape index (κ1) is 8.25. The number of hydrazine groups is 1. The Bertz CT molecular complexity index is 284. The number of carbonyl (C=O) groups excluding carboxylic acids is 1. The lowest BCUT2D eigenvalue weighted by atomic mass is 10.2. The number of primary amides is 1. The van der Waals surface area contributed by atoms with E-state index >= 15 is 0 Å². The highest BCUT2D eigenvalue weighted by molar-refractivity contribution is 5.77. The molecule has 13 heavy (non-hydrogen) atoms. The number of nitrogens with one attached hydrogen (secondary N) is 1. The van der Waals surface area contributed by atoms with Crippen LogP contribution in [-0.4, -0.2) is 29.7 Å². The quantitative estimate of drug-likeness (QED) is 0.594. The summed E-state index contributed by atoms with van der Waals surface area (Å²) in [5, 5.41) is 1.97. The maximum Gasteiger partial charge on any atom is 0.223 e. The molecule has 2 heterocycles. The number of hydrogen-bond acceptors (Lipinski definition) is 4. The minimum absolute atomic E-state index is 0.251. The third-order valence-electron chi connectivity index (χ3n) is 2.20. The van der Waals surface area contributed by atoms with Gasteiger partial charge in [0.2, 0.25) is 5.91 Å². The number of nitrogens with zero attached hydrogens (tertiary/aromatic N) is 2. The van der Waals surface area contributed by atoms with Crippen LogP contribution < -0.4 is 11.2 Å². The first-order chi connectivity index (χ1) is 6.27. The monoisotopic (exact) mass is 180 g/mol. The van der Waals surface area contributed by atoms with Crippen LogP contribution in [0.4, 0.5) is 0 Å². The summed E-state index contributed by atoms with van der Waals surface area (Å²) in [6.07, 6.45) is 4.84. The first-order valence-corrected chi connectivity index (χ1v) is 4.31. The van der Waals surface area contributed by atoms with E-state index in [9.17, 15) is 4.79 Å². The molecule has 1 fully saturated rings. The van der Waals surface area contributed by atoms with Crippen molar-refractivity contribution in [2.75, 3.05) is 6.54 Å². The molecule has 2 aliphatic rings. The van der Waals surface area contributed by atoms with E-state index in [1.165, 1.54) is 0 Å². The number of rotatable bonds is 2. The number of amides is 1. The van der Waals surface area contributed by atoms with Gasteiger partial charge in [-0.15, -0.1) is 0 Å². The Labute approximate surface area is 76.3 Å². The molecule has 2 rings (SSSR count). The van der Waals surface area contributed by atoms with Gasteiger partial charge in [-0.05, 0) is 6.42 Å². The van der Waals surface area contributed by atoms with Gasteiger partial charge in [0.25, 0.3) is 0 Å². The van der Waals surface area contributed by atoms with Crippen molar-refractivity contribution in [1.29, 1.82) is 0 Å². The van der Waals surface area contributed by atoms with E-state index in [4.69, 9.17) is 5.73 Å². The molecule has 0 aromatic carbocycles. The second-order valence-corrected chi connectivity index (χ2v) is 3.20. The molecule has 0 bridgehead atoms. The standard InChI is InChI=1S/C8H12N4O/c9-8(13)3-7-5-10-4-6-1-2-11-12(6)7/h4-6,11H,1-3H2,(H2,9,13). The average molecular weight is 180 g/mol. The van der Waals surface area contributed by atoms with Gasteiger partial charge in [-0.3, -0.25) is 9.79 Å². The van der Waals surface area contributed by atoms with Crippen LogP contribution in [0.15, 0.2) is 16.9 Å². The summed E-state index contributed by atoms with van der Waals surface area (Å²) >= 11 is 0. The molecule has 5 nitrogen and oxygen atoms in total. The number of hydrogen-bond donors (Lipinski definition) is 2. The van der Waals surface area contributed by atoms with Crippen LogP contribution in [0.5, 0.6) is 0 Å². The van der Waals surface area contributed by atoms with Gasteiger partial charge in [0.05, 0.1) is 18.2 Å². The van der Waals surface area contributed by atoms with Crippen molar-refractivity contribution in [3.8, 4) is 0 Å². The summed E-state index contributed by atoms with van der Waals surface area (Å²) in [6, 6.07) is 0.291. The number of nitrogens with two attached hydrogens (primary N) is 1. The molecule has 0 saturated carbocycles. The number of carbonyl (C=O) groups is 1. The van der Waals surface area contributed by atoms with Crippen LogP contribution in [0.2, 0.25) is 0 Å². The summed E-state index contributed by atoms with van der Waals surface area (Å²) in [5.41, 5.74) is 9.16. The van der Waals surface area contributed by atoms with Crippen molar-refractivity contribution in [3.63, 3.8) is 0 Å². The van der Waals surface area contributed by atoms with E-state index < -0.39 is 0 Å². The Morgan fingerprint density at radius 3 is 3.46 bits per heavy atom. The Hall–Kier alpha value is -1.36. The molecule has 3 N–H and O–H groups in total. The summed E-state index contributed by atoms with van der Waals surface area (Å²) in [7, 11) is 0. The number of aliphatic imine (C=N–C) groups is 1. The summed E-state index contributed by atoms with van der Waals surface area (Å²) in [4.78, 5) is 14.8. The van der Waals surface area contributed by atoms with Gasteiger partial charge in [0.1, 0.15) is 0 Å². The van der Waals surface area contributed by atoms with Gasteiger partial charge in [-0.1, -0.05) is 0 Å². The molecule has 0 aromatic heterocycles. The van der Waals surface area contributed by atoms with Gasteiger partial charge in [0.15, 0.2) is 0 Å². The molecule has 1 amide bonds. The zero-order valence-electron chi connectivity index (χ0n) is 7.23. The van der Waals surface area contributed by atoms with Crippen LogP contribution in [0.3, 0.4) is 0 Å². The van der Waals surface area contributed by atoms with Crippen molar-refractivity contribution in [2.24, 2.45) is 10.7 Å². The number of fused-ring (bicyclic) bond motifs is 1. The second kappa shape index (κ2) is 3.18. The van der Waals surface area contributed by atoms with E-state index in [2.05, 4.69) is 10.4 Å². The summed E-state index contributed by atoms with van der Waals surface area (Å²) in [6.45, 7) is 0.923. The largest absolute Gasteiger partial charge is 0.369 e. The van der Waals surface area contributed by atoms with Crippen molar-refractivity contribution < 1.29 is 4.79 Å². The lowest BCUT2D eigenvalue weighted by Gasteiger charge is -2.27. The van der Waals surface area contributed by atoms with E-state index in [1.54, 1.807) is 6.20 Å².